The molecule has 2 aromatic rings. The molecule has 0 unspecified atom stereocenters. The Hall–Kier alpha value is -2.11. The number of aromatic hydroxyl groups is 1. The first-order chi connectivity index (χ1) is 6.58. The molecule has 6 nitrogen and oxygen atoms in total. The SMILES string of the molecule is Cc1cc2nc(O)c(C(=O)O)cn2n1. The molecular formula is C8H7N3O3. The summed E-state index contributed by atoms with van der Waals surface area (Å²) >= 11 is 0. The van der Waals surface area contributed by atoms with Crippen LogP contribution in [0.4, 0.5) is 0 Å². The van der Waals surface area contributed by atoms with Gasteiger partial charge in [-0.15, -0.1) is 0 Å². The Morgan fingerprint density at radius 1 is 1.57 bits per heavy atom. The summed E-state index contributed by atoms with van der Waals surface area (Å²) in [5.41, 5.74) is 0.866. The van der Waals surface area contributed by atoms with Crippen LogP contribution >= 0.6 is 0 Å². The van der Waals surface area contributed by atoms with Gasteiger partial charge in [-0.1, -0.05) is 0 Å². The molecule has 0 aromatic carbocycles. The third-order valence-corrected chi connectivity index (χ3v) is 1.78. The van der Waals surface area contributed by atoms with Gasteiger partial charge in [0.1, 0.15) is 5.56 Å². The normalized spacial score (nSPS) is 10.6. The van der Waals surface area contributed by atoms with Gasteiger partial charge in [0.25, 0.3) is 0 Å². The summed E-state index contributed by atoms with van der Waals surface area (Å²) in [5.74, 6) is -1.73. The molecule has 6 heteroatoms. The third kappa shape index (κ3) is 1.17. The summed E-state index contributed by atoms with van der Waals surface area (Å²) in [6.45, 7) is 1.76. The van der Waals surface area contributed by atoms with Crippen LogP contribution in [0, 0.1) is 6.92 Å². The highest BCUT2D eigenvalue weighted by molar-refractivity contribution is 5.89. The van der Waals surface area contributed by atoms with Crippen molar-refractivity contribution in [2.45, 2.75) is 6.92 Å². The lowest BCUT2D eigenvalue weighted by Crippen LogP contribution is -2.02. The van der Waals surface area contributed by atoms with E-state index in [-0.39, 0.29) is 5.56 Å². The standard InChI is InChI=1S/C8H7N3O3/c1-4-2-6-9-7(12)5(8(13)14)3-11(6)10-4/h2-3H,1H3,(H,9,12)(H,13,14). The fourth-order valence-corrected chi connectivity index (χ4v) is 1.18. The van der Waals surface area contributed by atoms with Gasteiger partial charge in [-0.2, -0.15) is 10.1 Å². The van der Waals surface area contributed by atoms with Crippen LogP contribution in [0.15, 0.2) is 12.3 Å². The first kappa shape index (κ1) is 8.49. The van der Waals surface area contributed by atoms with Crippen molar-refractivity contribution in [3.63, 3.8) is 0 Å². The average molecular weight is 193 g/mol. The molecule has 2 heterocycles. The Morgan fingerprint density at radius 2 is 2.29 bits per heavy atom. The molecule has 0 fully saturated rings. The Balaban J connectivity index is 2.76. The molecule has 2 N–H and O–H groups in total. The summed E-state index contributed by atoms with van der Waals surface area (Å²) in [5, 5.41) is 21.9. The van der Waals surface area contributed by atoms with Crippen LogP contribution in [-0.4, -0.2) is 30.8 Å². The molecule has 0 saturated heterocycles. The summed E-state index contributed by atoms with van der Waals surface area (Å²) in [7, 11) is 0. The van der Waals surface area contributed by atoms with E-state index in [1.807, 2.05) is 0 Å². The Morgan fingerprint density at radius 3 is 2.93 bits per heavy atom. The van der Waals surface area contributed by atoms with Gasteiger partial charge in [0, 0.05) is 6.07 Å². The molecule has 0 aliphatic carbocycles. The molecule has 2 aromatic heterocycles. The Kier molecular flexibility index (Phi) is 1.63. The number of aromatic nitrogens is 3. The van der Waals surface area contributed by atoms with Crippen molar-refractivity contribution in [1.29, 1.82) is 0 Å². The Labute approximate surface area is 78.4 Å². The minimum atomic E-state index is -1.23. The molecule has 0 spiro atoms. The number of fused-ring (bicyclic) bond motifs is 1. The predicted molar refractivity (Wildman–Crippen MR) is 46.3 cm³/mol. The monoisotopic (exact) mass is 193 g/mol. The first-order valence-corrected chi connectivity index (χ1v) is 3.87. The maximum absolute atomic E-state index is 10.6. The van der Waals surface area contributed by atoms with Gasteiger partial charge in [-0.3, -0.25) is 0 Å². The Bertz CT molecular complexity index is 518. The lowest BCUT2D eigenvalue weighted by molar-refractivity contribution is 0.0692. The van der Waals surface area contributed by atoms with Gasteiger partial charge in [0.05, 0.1) is 11.9 Å². The maximum Gasteiger partial charge on any atom is 0.342 e. The van der Waals surface area contributed by atoms with Crippen LogP contribution in [0.2, 0.25) is 0 Å². The zero-order valence-corrected chi connectivity index (χ0v) is 7.30. The van der Waals surface area contributed by atoms with Crippen molar-refractivity contribution in [2.24, 2.45) is 0 Å². The quantitative estimate of drug-likeness (QED) is 0.686. The number of hydrogen-bond donors (Lipinski definition) is 2. The largest absolute Gasteiger partial charge is 0.493 e. The number of carboxylic acids is 1. The summed E-state index contributed by atoms with van der Waals surface area (Å²) in [6.07, 6.45) is 1.23. The van der Waals surface area contributed by atoms with Crippen LogP contribution < -0.4 is 0 Å². The fraction of sp³-hybridized carbons (Fsp3) is 0.125. The summed E-state index contributed by atoms with van der Waals surface area (Å²) < 4.78 is 1.32. The second-order valence-electron chi connectivity index (χ2n) is 2.87. The number of aromatic carboxylic acids is 1. The molecule has 0 radical (unpaired) electrons. The third-order valence-electron chi connectivity index (χ3n) is 1.78. The molecule has 2 rings (SSSR count). The van der Waals surface area contributed by atoms with Crippen LogP contribution in [0.3, 0.4) is 0 Å². The van der Waals surface area contributed by atoms with Crippen molar-refractivity contribution < 1.29 is 15.0 Å². The minimum absolute atomic E-state index is 0.263. The van der Waals surface area contributed by atoms with Gasteiger partial charge in [-0.05, 0) is 6.92 Å². The van der Waals surface area contributed by atoms with Crippen molar-refractivity contribution in [1.82, 2.24) is 14.6 Å². The molecule has 0 aliphatic heterocycles. The lowest BCUT2D eigenvalue weighted by Gasteiger charge is -1.98. The van der Waals surface area contributed by atoms with Gasteiger partial charge in [0.2, 0.25) is 5.88 Å². The number of carbonyl (C=O) groups is 1. The molecular weight excluding hydrogens is 186 g/mol. The van der Waals surface area contributed by atoms with E-state index < -0.39 is 11.8 Å². The van der Waals surface area contributed by atoms with Crippen molar-refractivity contribution in [3.05, 3.63) is 23.5 Å². The minimum Gasteiger partial charge on any atom is -0.493 e. The second kappa shape index (κ2) is 2.69. The smallest absolute Gasteiger partial charge is 0.342 e. The zero-order chi connectivity index (χ0) is 10.3. The van der Waals surface area contributed by atoms with Gasteiger partial charge < -0.3 is 10.2 Å². The van der Waals surface area contributed by atoms with Gasteiger partial charge >= 0.3 is 5.97 Å². The average Bonchev–Trinajstić information content (AvgIpc) is 2.42. The number of carboxylic acid groups (broad SMARTS) is 1. The van der Waals surface area contributed by atoms with E-state index in [4.69, 9.17) is 5.11 Å². The fourth-order valence-electron chi connectivity index (χ4n) is 1.18. The molecule has 0 amide bonds. The van der Waals surface area contributed by atoms with Gasteiger partial charge in [0.15, 0.2) is 5.65 Å². The predicted octanol–water partition coefficient (Wildman–Crippen LogP) is 0.442. The molecule has 72 valence electrons. The highest BCUT2D eigenvalue weighted by atomic mass is 16.4. The second-order valence-corrected chi connectivity index (χ2v) is 2.87. The van der Waals surface area contributed by atoms with E-state index >= 15 is 0 Å². The van der Waals surface area contributed by atoms with Crippen molar-refractivity contribution in [3.8, 4) is 5.88 Å². The van der Waals surface area contributed by atoms with Crippen LogP contribution in [-0.2, 0) is 0 Å². The van der Waals surface area contributed by atoms with E-state index in [0.29, 0.717) is 11.3 Å². The van der Waals surface area contributed by atoms with E-state index in [1.165, 1.54) is 10.7 Å². The molecule has 0 aliphatic rings. The summed E-state index contributed by atoms with van der Waals surface area (Å²) in [6, 6.07) is 1.64. The van der Waals surface area contributed by atoms with E-state index in [9.17, 15) is 9.90 Å². The molecule has 0 bridgehead atoms. The molecule has 0 saturated carbocycles. The highest BCUT2D eigenvalue weighted by Gasteiger charge is 2.13. The first-order valence-electron chi connectivity index (χ1n) is 3.87. The maximum atomic E-state index is 10.6. The number of hydrogen-bond acceptors (Lipinski definition) is 4. The number of nitrogens with zero attached hydrogens (tertiary/aromatic N) is 3. The highest BCUT2D eigenvalue weighted by Crippen LogP contribution is 2.15. The lowest BCUT2D eigenvalue weighted by atomic mass is 10.3. The molecule has 14 heavy (non-hydrogen) atoms. The van der Waals surface area contributed by atoms with Crippen LogP contribution in [0.1, 0.15) is 16.1 Å². The summed E-state index contributed by atoms with van der Waals surface area (Å²) in [4.78, 5) is 14.3. The van der Waals surface area contributed by atoms with E-state index in [1.54, 1.807) is 13.0 Å². The van der Waals surface area contributed by atoms with Crippen LogP contribution in [0.5, 0.6) is 5.88 Å². The number of rotatable bonds is 1. The van der Waals surface area contributed by atoms with Crippen molar-refractivity contribution >= 4 is 11.6 Å². The topological polar surface area (TPSA) is 87.7 Å². The van der Waals surface area contributed by atoms with Crippen LogP contribution in [0.25, 0.3) is 5.65 Å². The van der Waals surface area contributed by atoms with Crippen molar-refractivity contribution in [2.75, 3.05) is 0 Å². The van der Waals surface area contributed by atoms with E-state index in [2.05, 4.69) is 10.1 Å². The number of aryl methyl sites for hydroxylation is 1. The van der Waals surface area contributed by atoms with Gasteiger partial charge in [-0.25, -0.2) is 9.31 Å². The molecule has 0 atom stereocenters. The van der Waals surface area contributed by atoms with E-state index in [0.717, 1.165) is 0 Å². The zero-order valence-electron chi connectivity index (χ0n) is 7.30.